The number of amides is 1. The van der Waals surface area contributed by atoms with Gasteiger partial charge in [0.15, 0.2) is 0 Å². The average Bonchev–Trinajstić information content (AvgIpc) is 3.17. The summed E-state index contributed by atoms with van der Waals surface area (Å²) in [5.41, 5.74) is 0. The predicted octanol–water partition coefficient (Wildman–Crippen LogP) is 0.186. The predicted molar refractivity (Wildman–Crippen MR) is 68.9 cm³/mol. The van der Waals surface area contributed by atoms with E-state index in [-0.39, 0.29) is 5.91 Å². The van der Waals surface area contributed by atoms with Gasteiger partial charge in [-0.3, -0.25) is 9.69 Å². The van der Waals surface area contributed by atoms with E-state index in [4.69, 9.17) is 5.26 Å². The number of hydrogen-bond acceptors (Lipinski definition) is 4. The molecule has 0 bridgehead atoms. The zero-order valence-electron chi connectivity index (χ0n) is 10.9. The van der Waals surface area contributed by atoms with E-state index in [0.717, 1.165) is 45.4 Å². The van der Waals surface area contributed by atoms with Crippen LogP contribution in [-0.4, -0.2) is 61.0 Å². The molecule has 1 saturated carbocycles. The first-order valence-corrected chi connectivity index (χ1v) is 6.91. The molecule has 0 aromatic rings. The van der Waals surface area contributed by atoms with E-state index in [1.165, 1.54) is 0 Å². The van der Waals surface area contributed by atoms with Crippen LogP contribution in [0.4, 0.5) is 0 Å². The Balaban J connectivity index is 1.81. The number of carbonyl (C=O) groups is 1. The normalized spacial score (nSPS) is 21.1. The summed E-state index contributed by atoms with van der Waals surface area (Å²) < 4.78 is 0. The Morgan fingerprint density at radius 3 is 2.94 bits per heavy atom. The molecule has 0 radical (unpaired) electrons. The van der Waals surface area contributed by atoms with Crippen molar-refractivity contribution in [1.29, 1.82) is 5.26 Å². The van der Waals surface area contributed by atoms with Gasteiger partial charge >= 0.3 is 0 Å². The second kappa shape index (κ2) is 6.72. The summed E-state index contributed by atoms with van der Waals surface area (Å²) in [6, 6.07) is 2.54. The molecule has 1 N–H and O–H groups in total. The summed E-state index contributed by atoms with van der Waals surface area (Å²) in [5.74, 6) is 0.203. The number of nitrogens with one attached hydrogen (secondary N) is 1. The van der Waals surface area contributed by atoms with Gasteiger partial charge in [0, 0.05) is 25.7 Å². The van der Waals surface area contributed by atoms with E-state index in [1.807, 2.05) is 4.90 Å². The summed E-state index contributed by atoms with van der Waals surface area (Å²) >= 11 is 0. The zero-order chi connectivity index (χ0) is 12.8. The van der Waals surface area contributed by atoms with Crippen LogP contribution in [0.25, 0.3) is 0 Å². The summed E-state index contributed by atoms with van der Waals surface area (Å²) in [6.07, 6.45) is 3.77. The second-order valence-corrected chi connectivity index (χ2v) is 5.11. The van der Waals surface area contributed by atoms with Gasteiger partial charge < -0.3 is 10.2 Å². The third kappa shape index (κ3) is 3.97. The first-order chi connectivity index (χ1) is 8.81. The van der Waals surface area contributed by atoms with Gasteiger partial charge in [-0.15, -0.1) is 0 Å². The third-order valence-electron chi connectivity index (χ3n) is 3.56. The van der Waals surface area contributed by atoms with Crippen molar-refractivity contribution in [1.82, 2.24) is 15.1 Å². The maximum absolute atomic E-state index is 12.3. The molecule has 0 spiro atoms. The summed E-state index contributed by atoms with van der Waals surface area (Å²) in [4.78, 5) is 16.4. The van der Waals surface area contributed by atoms with Crippen LogP contribution in [0.3, 0.4) is 0 Å². The first-order valence-electron chi connectivity index (χ1n) is 6.91. The fourth-order valence-corrected chi connectivity index (χ4v) is 2.41. The van der Waals surface area contributed by atoms with E-state index in [1.54, 1.807) is 0 Å². The molecule has 2 rings (SSSR count). The molecule has 5 nitrogen and oxygen atoms in total. The Bertz CT molecular complexity index is 313. The fraction of sp³-hybridized carbons (Fsp3) is 0.846. The molecule has 5 heteroatoms. The van der Waals surface area contributed by atoms with Crippen LogP contribution in [0, 0.1) is 11.3 Å². The lowest BCUT2D eigenvalue weighted by Crippen LogP contribution is -2.43. The first kappa shape index (κ1) is 13.3. The van der Waals surface area contributed by atoms with E-state index in [2.05, 4.69) is 16.3 Å². The smallest absolute Gasteiger partial charge is 0.237 e. The van der Waals surface area contributed by atoms with E-state index < -0.39 is 0 Å². The lowest BCUT2D eigenvalue weighted by Gasteiger charge is -2.26. The monoisotopic (exact) mass is 250 g/mol. The topological polar surface area (TPSA) is 59.4 Å². The van der Waals surface area contributed by atoms with Crippen LogP contribution >= 0.6 is 0 Å². The molecule has 1 aliphatic heterocycles. The Hall–Kier alpha value is -1.12. The zero-order valence-corrected chi connectivity index (χ0v) is 10.9. The highest BCUT2D eigenvalue weighted by Crippen LogP contribution is 2.27. The minimum Gasteiger partial charge on any atom is -0.338 e. The highest BCUT2D eigenvalue weighted by atomic mass is 16.2. The molecule has 100 valence electrons. The third-order valence-corrected chi connectivity index (χ3v) is 3.56. The van der Waals surface area contributed by atoms with Crippen molar-refractivity contribution in [2.45, 2.75) is 31.7 Å². The summed E-state index contributed by atoms with van der Waals surface area (Å²) in [5, 5.41) is 12.0. The quantitative estimate of drug-likeness (QED) is 0.756. The van der Waals surface area contributed by atoms with Gasteiger partial charge in [0.25, 0.3) is 0 Å². The van der Waals surface area contributed by atoms with Gasteiger partial charge in [-0.05, 0) is 32.4 Å². The minimum absolute atomic E-state index is 0.203. The van der Waals surface area contributed by atoms with Gasteiger partial charge in [-0.1, -0.05) is 0 Å². The Kier molecular flexibility index (Phi) is 4.97. The van der Waals surface area contributed by atoms with E-state index in [0.29, 0.717) is 25.6 Å². The van der Waals surface area contributed by atoms with Gasteiger partial charge in [-0.2, -0.15) is 5.26 Å². The standard InChI is InChI=1S/C13H22N4O/c14-5-1-9-17(12-3-4-12)13(18)11-16-8-2-6-15-7-10-16/h12,15H,1-4,6-11H2. The van der Waals surface area contributed by atoms with Crippen LogP contribution in [0.15, 0.2) is 0 Å². The number of nitriles is 1. The van der Waals surface area contributed by atoms with Crippen LogP contribution in [0.1, 0.15) is 25.7 Å². The highest BCUT2D eigenvalue weighted by molar-refractivity contribution is 5.79. The molecular formula is C13H22N4O. The second-order valence-electron chi connectivity index (χ2n) is 5.11. The lowest BCUT2D eigenvalue weighted by molar-refractivity contribution is -0.132. The van der Waals surface area contributed by atoms with Crippen LogP contribution in [0.5, 0.6) is 0 Å². The number of rotatable bonds is 5. The molecule has 1 aliphatic carbocycles. The van der Waals surface area contributed by atoms with Gasteiger partial charge in [-0.25, -0.2) is 0 Å². The molecule has 0 atom stereocenters. The molecule has 1 heterocycles. The Labute approximate surface area is 109 Å². The molecule has 1 saturated heterocycles. The highest BCUT2D eigenvalue weighted by Gasteiger charge is 2.32. The molecule has 18 heavy (non-hydrogen) atoms. The fourth-order valence-electron chi connectivity index (χ4n) is 2.41. The Morgan fingerprint density at radius 2 is 2.22 bits per heavy atom. The largest absolute Gasteiger partial charge is 0.338 e. The molecule has 1 amide bonds. The molecule has 0 aromatic heterocycles. The van der Waals surface area contributed by atoms with Crippen molar-refractivity contribution < 1.29 is 4.79 Å². The molecule has 0 unspecified atom stereocenters. The van der Waals surface area contributed by atoms with Crippen molar-refractivity contribution in [3.8, 4) is 6.07 Å². The maximum Gasteiger partial charge on any atom is 0.237 e. The van der Waals surface area contributed by atoms with Crippen LogP contribution < -0.4 is 5.32 Å². The van der Waals surface area contributed by atoms with Crippen molar-refractivity contribution >= 4 is 5.91 Å². The molecule has 0 aromatic carbocycles. The summed E-state index contributed by atoms with van der Waals surface area (Å²) in [7, 11) is 0. The summed E-state index contributed by atoms with van der Waals surface area (Å²) in [6.45, 7) is 5.08. The van der Waals surface area contributed by atoms with E-state index >= 15 is 0 Å². The van der Waals surface area contributed by atoms with E-state index in [9.17, 15) is 4.79 Å². The van der Waals surface area contributed by atoms with Crippen molar-refractivity contribution in [2.75, 3.05) is 39.3 Å². The molecule has 2 aliphatic rings. The van der Waals surface area contributed by atoms with Crippen LogP contribution in [-0.2, 0) is 4.79 Å². The van der Waals surface area contributed by atoms with Crippen LogP contribution in [0.2, 0.25) is 0 Å². The van der Waals surface area contributed by atoms with Crippen molar-refractivity contribution in [3.63, 3.8) is 0 Å². The molecular weight excluding hydrogens is 228 g/mol. The van der Waals surface area contributed by atoms with Crippen molar-refractivity contribution in [2.24, 2.45) is 0 Å². The minimum atomic E-state index is 0.203. The molecule has 2 fully saturated rings. The lowest BCUT2D eigenvalue weighted by atomic mass is 10.3. The van der Waals surface area contributed by atoms with Gasteiger partial charge in [0.05, 0.1) is 19.0 Å². The number of nitrogens with zero attached hydrogens (tertiary/aromatic N) is 3. The Morgan fingerprint density at radius 1 is 1.39 bits per heavy atom. The maximum atomic E-state index is 12.3. The number of hydrogen-bond donors (Lipinski definition) is 1. The van der Waals surface area contributed by atoms with Gasteiger partial charge in [0.1, 0.15) is 0 Å². The van der Waals surface area contributed by atoms with Crippen molar-refractivity contribution in [3.05, 3.63) is 0 Å². The average molecular weight is 250 g/mol. The SMILES string of the molecule is N#CCCN(C(=O)CN1CCCNCC1)C1CC1. The van der Waals surface area contributed by atoms with Gasteiger partial charge in [0.2, 0.25) is 5.91 Å². The number of carbonyl (C=O) groups excluding carboxylic acids is 1.